The van der Waals surface area contributed by atoms with Crippen LogP contribution in [-0.2, 0) is 4.79 Å². The molecule has 1 atom stereocenters. The number of rotatable bonds is 8. The van der Waals surface area contributed by atoms with Gasteiger partial charge in [0.25, 0.3) is 5.91 Å². The number of amides is 2. The van der Waals surface area contributed by atoms with Crippen LogP contribution in [0, 0.1) is 5.92 Å². The summed E-state index contributed by atoms with van der Waals surface area (Å²) >= 11 is 0. The molecule has 2 aliphatic rings. The van der Waals surface area contributed by atoms with Crippen LogP contribution in [0.2, 0.25) is 0 Å². The third-order valence-corrected chi connectivity index (χ3v) is 6.36. The van der Waals surface area contributed by atoms with Gasteiger partial charge in [0.1, 0.15) is 5.82 Å². The first kappa shape index (κ1) is 20.9. The van der Waals surface area contributed by atoms with Gasteiger partial charge in [-0.3, -0.25) is 9.59 Å². The molecule has 1 saturated carbocycles. The molecule has 0 spiro atoms. The van der Waals surface area contributed by atoms with Gasteiger partial charge in [-0.15, -0.1) is 0 Å². The van der Waals surface area contributed by atoms with Gasteiger partial charge in [0.2, 0.25) is 5.91 Å². The van der Waals surface area contributed by atoms with E-state index in [4.69, 9.17) is 8.85 Å². The molecule has 3 heterocycles. The number of ether oxygens (including phenoxy) is 1. The maximum absolute atomic E-state index is 12.8. The van der Waals surface area contributed by atoms with E-state index in [-0.39, 0.29) is 35.0 Å². The summed E-state index contributed by atoms with van der Waals surface area (Å²) < 4.78 is 27.9. The Morgan fingerprint density at radius 2 is 1.95 bits per heavy atom. The van der Waals surface area contributed by atoms with Crippen LogP contribution >= 0.6 is 0 Å². The second-order valence-corrected chi connectivity index (χ2v) is 9.00. The van der Waals surface area contributed by atoms with Crippen molar-refractivity contribution in [3.05, 3.63) is 48.4 Å². The van der Waals surface area contributed by atoms with Crippen LogP contribution in [0.3, 0.4) is 0 Å². The molecule has 2 aromatic heterocycles. The van der Waals surface area contributed by atoms with E-state index in [0.717, 1.165) is 25.1 Å². The van der Waals surface area contributed by atoms with Crippen molar-refractivity contribution in [3.8, 4) is 17.1 Å². The van der Waals surface area contributed by atoms with Crippen molar-refractivity contribution < 1.29 is 23.5 Å². The van der Waals surface area contributed by atoms with Crippen LogP contribution in [0.4, 0.5) is 22.9 Å². The number of hydrogen-bond acceptors (Lipinski definition) is 9. The van der Waals surface area contributed by atoms with Crippen LogP contribution in [0.15, 0.2) is 42.9 Å². The van der Waals surface area contributed by atoms with E-state index in [0.29, 0.717) is 35.8 Å². The minimum atomic E-state index is -2.71. The number of β-amino-alcohol motifs (C(OH)–C–C–N with tert-alkyl or cyclic N) is 1. The molecule has 1 aliphatic carbocycles. The average molecular weight is 507 g/mol. The highest BCUT2D eigenvalue weighted by Crippen LogP contribution is 2.38. The molecule has 0 radical (unpaired) electrons. The van der Waals surface area contributed by atoms with Crippen molar-refractivity contribution in [3.63, 3.8) is 0 Å². The number of carbonyl (C=O) groups is 2. The van der Waals surface area contributed by atoms with E-state index in [1.54, 1.807) is 30.6 Å². The van der Waals surface area contributed by atoms with Crippen LogP contribution in [0.25, 0.3) is 11.4 Å². The molecule has 2 fully saturated rings. The first-order chi connectivity index (χ1) is 19.1. The number of para-hydroxylation sites is 1. The van der Waals surface area contributed by atoms with E-state index < -0.39 is 12.9 Å². The minimum absolute atomic E-state index is 0.0404. The Morgan fingerprint density at radius 1 is 1.14 bits per heavy atom. The average Bonchev–Trinajstić information content (AvgIpc) is 3.68. The molecule has 4 N–H and O–H groups in total. The Hall–Kier alpha value is -4.25. The molecule has 11 heteroatoms. The highest BCUT2D eigenvalue weighted by Gasteiger charge is 2.30. The lowest BCUT2D eigenvalue weighted by Crippen LogP contribution is -2.21. The third kappa shape index (κ3) is 5.31. The Kier molecular flexibility index (Phi) is 5.87. The number of methoxy groups -OCH3 is 1. The van der Waals surface area contributed by atoms with E-state index in [2.05, 4.69) is 25.6 Å². The summed E-state index contributed by atoms with van der Waals surface area (Å²) in [7, 11) is 1.49. The van der Waals surface area contributed by atoms with Crippen LogP contribution in [0.5, 0.6) is 5.75 Å². The smallest absolute Gasteiger partial charge is 0.254 e. The number of nitrogens with zero attached hydrogens (tertiary/aromatic N) is 4. The molecular weight excluding hydrogens is 474 g/mol. The standard InChI is InChI=1S/C26H29N7O4/c1-27-26(36)19-13-28-22(32-25(35)15-6-7-15)10-21(19)31-20-5-3-4-18(23(20)37-2)24-29-11-16(12-30-24)33-9-8-17(34)14-33/h3-5,10-13,15,17,34H,6-9,14H2,1-2H3,(H,27,36)(H2,28,31,32,35)/t17-/m1/s1/i1D3. The van der Waals surface area contributed by atoms with Gasteiger partial charge in [-0.05, 0) is 31.4 Å². The maximum atomic E-state index is 12.8. The summed E-state index contributed by atoms with van der Waals surface area (Å²) in [6.45, 7) is -1.46. The predicted octanol–water partition coefficient (Wildman–Crippen LogP) is 2.57. The number of aliphatic hydroxyl groups excluding tert-OH is 1. The zero-order valence-corrected chi connectivity index (χ0v) is 20.2. The molecule has 1 aliphatic heterocycles. The lowest BCUT2D eigenvalue weighted by Gasteiger charge is -2.18. The molecule has 0 bridgehead atoms. The van der Waals surface area contributed by atoms with E-state index in [1.165, 1.54) is 19.4 Å². The van der Waals surface area contributed by atoms with Crippen molar-refractivity contribution in [1.82, 2.24) is 20.3 Å². The topological polar surface area (TPSA) is 142 Å². The first-order valence-electron chi connectivity index (χ1n) is 13.4. The highest BCUT2D eigenvalue weighted by atomic mass is 16.5. The summed E-state index contributed by atoms with van der Waals surface area (Å²) in [5.74, 6) is -0.0925. The molecule has 0 unspecified atom stereocenters. The van der Waals surface area contributed by atoms with E-state index in [9.17, 15) is 14.7 Å². The fourth-order valence-corrected chi connectivity index (χ4v) is 4.23. The Bertz CT molecular complexity index is 1410. The van der Waals surface area contributed by atoms with Crippen molar-refractivity contribution in [2.24, 2.45) is 5.92 Å². The van der Waals surface area contributed by atoms with Crippen molar-refractivity contribution in [2.75, 3.05) is 42.7 Å². The summed E-state index contributed by atoms with van der Waals surface area (Å²) in [5, 5.41) is 17.7. The molecule has 1 aromatic carbocycles. The fourth-order valence-electron chi connectivity index (χ4n) is 4.23. The van der Waals surface area contributed by atoms with Gasteiger partial charge in [-0.1, -0.05) is 6.07 Å². The number of pyridine rings is 1. The van der Waals surface area contributed by atoms with Crippen molar-refractivity contribution in [1.29, 1.82) is 0 Å². The fraction of sp³-hybridized carbons (Fsp3) is 0.346. The van der Waals surface area contributed by atoms with Gasteiger partial charge < -0.3 is 30.7 Å². The number of carbonyl (C=O) groups excluding carboxylic acids is 2. The normalized spacial score (nSPS) is 18.4. The van der Waals surface area contributed by atoms with Gasteiger partial charge in [0, 0.05) is 42.4 Å². The molecule has 11 nitrogen and oxygen atoms in total. The molecule has 5 rings (SSSR count). The lowest BCUT2D eigenvalue weighted by atomic mass is 10.1. The molecule has 37 heavy (non-hydrogen) atoms. The molecule has 192 valence electrons. The van der Waals surface area contributed by atoms with Crippen LogP contribution in [-0.4, -0.2) is 65.2 Å². The Labute approximate surface area is 218 Å². The zero-order chi connectivity index (χ0) is 28.4. The second-order valence-electron chi connectivity index (χ2n) is 9.00. The van der Waals surface area contributed by atoms with Crippen LogP contribution in [0.1, 0.15) is 33.7 Å². The van der Waals surface area contributed by atoms with Crippen molar-refractivity contribution >= 4 is 34.7 Å². The Morgan fingerprint density at radius 3 is 2.62 bits per heavy atom. The second kappa shape index (κ2) is 10.4. The molecule has 2 amide bonds. The molecule has 1 saturated heterocycles. The third-order valence-electron chi connectivity index (χ3n) is 6.36. The number of anilines is 4. The monoisotopic (exact) mass is 506 g/mol. The number of aromatic nitrogens is 3. The quantitative estimate of drug-likeness (QED) is 0.363. The SMILES string of the molecule is [2H]C([2H])([2H])NC(=O)c1cnc(NC(=O)C2CC2)cc1Nc1cccc(-c2ncc(N3CC[C@@H](O)C3)cn2)c1OC. The summed E-state index contributed by atoms with van der Waals surface area (Å²) in [6.07, 6.45) is 6.52. The molecular formula is C26H29N7O4. The zero-order valence-electron chi connectivity index (χ0n) is 23.2. The lowest BCUT2D eigenvalue weighted by molar-refractivity contribution is -0.117. The first-order valence-corrected chi connectivity index (χ1v) is 11.9. The maximum Gasteiger partial charge on any atom is 0.254 e. The van der Waals surface area contributed by atoms with E-state index in [1.807, 2.05) is 10.2 Å². The van der Waals surface area contributed by atoms with E-state index >= 15 is 0 Å². The van der Waals surface area contributed by atoms with Gasteiger partial charge in [-0.2, -0.15) is 0 Å². The number of hydrogen-bond donors (Lipinski definition) is 4. The van der Waals surface area contributed by atoms with Gasteiger partial charge in [0.05, 0.1) is 53.8 Å². The highest BCUT2D eigenvalue weighted by molar-refractivity contribution is 6.01. The number of aliphatic hydroxyl groups is 1. The largest absolute Gasteiger partial charge is 0.494 e. The molecule has 3 aromatic rings. The van der Waals surface area contributed by atoms with Crippen LogP contribution < -0.4 is 25.6 Å². The minimum Gasteiger partial charge on any atom is -0.494 e. The van der Waals surface area contributed by atoms with Gasteiger partial charge in [-0.25, -0.2) is 15.0 Å². The van der Waals surface area contributed by atoms with Crippen molar-refractivity contribution in [2.45, 2.75) is 25.4 Å². The van der Waals surface area contributed by atoms with Gasteiger partial charge in [0.15, 0.2) is 11.6 Å². The number of benzene rings is 1. The Balaban J connectivity index is 1.46. The summed E-state index contributed by atoms with van der Waals surface area (Å²) in [5.41, 5.74) is 1.99. The summed E-state index contributed by atoms with van der Waals surface area (Å²) in [6, 6.07) is 6.73. The number of nitrogens with one attached hydrogen (secondary N) is 3. The predicted molar refractivity (Wildman–Crippen MR) is 139 cm³/mol. The van der Waals surface area contributed by atoms with Gasteiger partial charge >= 0.3 is 0 Å². The summed E-state index contributed by atoms with van der Waals surface area (Å²) in [4.78, 5) is 40.3.